The molecule has 2 heterocycles. The Bertz CT molecular complexity index is 968. The van der Waals surface area contributed by atoms with Crippen LogP contribution in [-0.2, 0) is 19.0 Å². The lowest BCUT2D eigenvalue weighted by Crippen LogP contribution is -2.22. The number of aromatic carboxylic acids is 1. The molecule has 1 aromatic carbocycles. The summed E-state index contributed by atoms with van der Waals surface area (Å²) in [5.74, 6) is -0.754. The number of furan rings is 1. The zero-order chi connectivity index (χ0) is 17.8. The van der Waals surface area contributed by atoms with Gasteiger partial charge in [0.05, 0.1) is 23.6 Å². The first-order valence-electron chi connectivity index (χ1n) is 7.44. The fraction of sp³-hybridized carbons (Fsp3) is 0.176. The lowest BCUT2D eigenvalue weighted by atomic mass is 9.94. The van der Waals surface area contributed by atoms with Gasteiger partial charge in [-0.2, -0.15) is 18.3 Å². The van der Waals surface area contributed by atoms with Gasteiger partial charge in [-0.05, 0) is 30.2 Å². The summed E-state index contributed by atoms with van der Waals surface area (Å²) in [6.45, 7) is 0. The Labute approximate surface area is 139 Å². The Hall–Kier alpha value is -3.03. The van der Waals surface area contributed by atoms with Crippen molar-refractivity contribution in [3.8, 4) is 16.9 Å². The summed E-state index contributed by atoms with van der Waals surface area (Å²) in [5, 5.41) is 14.6. The Kier molecular flexibility index (Phi) is 3.24. The lowest BCUT2D eigenvalue weighted by Gasteiger charge is -2.15. The van der Waals surface area contributed by atoms with Gasteiger partial charge in [-0.3, -0.25) is 0 Å². The molecule has 1 aliphatic carbocycles. The second-order valence-corrected chi connectivity index (χ2v) is 5.68. The van der Waals surface area contributed by atoms with E-state index in [9.17, 15) is 23.1 Å². The second kappa shape index (κ2) is 5.23. The highest BCUT2D eigenvalue weighted by atomic mass is 19.4. The summed E-state index contributed by atoms with van der Waals surface area (Å²) in [5.41, 5.74) is 0.330. The number of hydrogen-bond acceptors (Lipinski definition) is 4. The number of aromatic nitrogens is 2. The molecule has 5 nitrogen and oxygen atoms in total. The predicted molar refractivity (Wildman–Crippen MR) is 78.0 cm³/mol. The minimum Gasteiger partial charge on any atom is -0.545 e. The average molecular weight is 347 g/mol. The van der Waals surface area contributed by atoms with Gasteiger partial charge < -0.3 is 14.3 Å². The molecule has 0 bridgehead atoms. The second-order valence-electron chi connectivity index (χ2n) is 5.68. The molecule has 0 saturated heterocycles. The van der Waals surface area contributed by atoms with Gasteiger partial charge in [0.15, 0.2) is 5.69 Å². The monoisotopic (exact) mass is 347 g/mol. The SMILES string of the molecule is O=C([O-])c1ccc(-n2nc(C(F)(F)F)c3c2-c2ccoc2CC3)cc1. The van der Waals surface area contributed by atoms with Crippen molar-refractivity contribution in [1.82, 2.24) is 9.78 Å². The molecule has 0 saturated carbocycles. The van der Waals surface area contributed by atoms with Crippen LogP contribution >= 0.6 is 0 Å². The predicted octanol–water partition coefficient (Wildman–Crippen LogP) is 2.61. The van der Waals surface area contributed by atoms with Gasteiger partial charge >= 0.3 is 6.18 Å². The van der Waals surface area contributed by atoms with Crippen molar-refractivity contribution in [1.29, 1.82) is 0 Å². The number of benzene rings is 1. The topological polar surface area (TPSA) is 71.1 Å². The van der Waals surface area contributed by atoms with Crippen molar-refractivity contribution >= 4 is 5.97 Å². The van der Waals surface area contributed by atoms with E-state index in [0.717, 1.165) is 0 Å². The Morgan fingerprint density at radius 2 is 1.88 bits per heavy atom. The van der Waals surface area contributed by atoms with Gasteiger partial charge in [0, 0.05) is 17.5 Å². The number of fused-ring (bicyclic) bond motifs is 3. The molecule has 0 N–H and O–H groups in total. The van der Waals surface area contributed by atoms with Crippen molar-refractivity contribution in [3.63, 3.8) is 0 Å². The lowest BCUT2D eigenvalue weighted by molar-refractivity contribution is -0.255. The van der Waals surface area contributed by atoms with Crippen LogP contribution in [0.3, 0.4) is 0 Å². The van der Waals surface area contributed by atoms with Gasteiger partial charge in [0.25, 0.3) is 0 Å². The summed E-state index contributed by atoms with van der Waals surface area (Å²) in [6, 6.07) is 6.94. The zero-order valence-corrected chi connectivity index (χ0v) is 12.6. The quantitative estimate of drug-likeness (QED) is 0.714. The highest BCUT2D eigenvalue weighted by Crippen LogP contribution is 2.42. The van der Waals surface area contributed by atoms with Crippen molar-refractivity contribution in [2.24, 2.45) is 0 Å². The summed E-state index contributed by atoms with van der Waals surface area (Å²) in [4.78, 5) is 10.9. The van der Waals surface area contributed by atoms with Crippen LogP contribution in [0.15, 0.2) is 41.0 Å². The van der Waals surface area contributed by atoms with Crippen molar-refractivity contribution < 1.29 is 27.5 Å². The third kappa shape index (κ3) is 2.41. The normalized spacial score (nSPS) is 13.4. The van der Waals surface area contributed by atoms with Gasteiger partial charge in [-0.15, -0.1) is 0 Å². The van der Waals surface area contributed by atoms with Crippen LogP contribution in [-0.4, -0.2) is 15.7 Å². The molecule has 0 radical (unpaired) electrons. The van der Waals surface area contributed by atoms with Crippen molar-refractivity contribution in [3.05, 3.63) is 59.2 Å². The molecule has 0 aliphatic heterocycles. The maximum absolute atomic E-state index is 13.4. The Balaban J connectivity index is 1.94. The number of aryl methyl sites for hydroxylation is 1. The molecular weight excluding hydrogens is 337 g/mol. The molecule has 25 heavy (non-hydrogen) atoms. The van der Waals surface area contributed by atoms with Crippen LogP contribution in [0, 0.1) is 0 Å². The van der Waals surface area contributed by atoms with E-state index in [1.165, 1.54) is 35.2 Å². The van der Waals surface area contributed by atoms with Crippen LogP contribution in [0.1, 0.15) is 27.4 Å². The summed E-state index contributed by atoms with van der Waals surface area (Å²) in [6.07, 6.45) is -2.61. The van der Waals surface area contributed by atoms with Crippen molar-refractivity contribution in [2.45, 2.75) is 19.0 Å². The minimum absolute atomic E-state index is 0.0650. The number of hydrogen-bond donors (Lipinski definition) is 0. The molecule has 0 spiro atoms. The van der Waals surface area contributed by atoms with Gasteiger partial charge in [0.1, 0.15) is 5.76 Å². The fourth-order valence-corrected chi connectivity index (χ4v) is 3.10. The number of carbonyl (C=O) groups is 1. The molecule has 0 unspecified atom stereocenters. The van der Waals surface area contributed by atoms with Gasteiger partial charge in [-0.25, -0.2) is 4.68 Å². The molecule has 2 aromatic heterocycles. The standard InChI is InChI=1S/C17H11F3N2O3/c18-17(19,20)15-12-5-6-13-11(7-8-25-13)14(12)22(21-15)10-3-1-9(2-4-10)16(23)24/h1-4,7-8H,5-6H2,(H,23,24)/p-1. The van der Waals surface area contributed by atoms with Crippen LogP contribution in [0.4, 0.5) is 13.2 Å². The molecule has 1 aliphatic rings. The van der Waals surface area contributed by atoms with E-state index in [1.807, 2.05) is 0 Å². The van der Waals surface area contributed by atoms with E-state index in [4.69, 9.17) is 4.42 Å². The number of rotatable bonds is 2. The van der Waals surface area contributed by atoms with Crippen molar-refractivity contribution in [2.75, 3.05) is 0 Å². The molecule has 0 fully saturated rings. The van der Waals surface area contributed by atoms with Gasteiger partial charge in [-0.1, -0.05) is 12.1 Å². The Morgan fingerprint density at radius 3 is 2.52 bits per heavy atom. The largest absolute Gasteiger partial charge is 0.545 e. The van der Waals surface area contributed by atoms with E-state index in [0.29, 0.717) is 29.1 Å². The molecule has 128 valence electrons. The number of halogens is 3. The third-order valence-electron chi connectivity index (χ3n) is 4.20. The fourth-order valence-electron chi connectivity index (χ4n) is 3.10. The highest BCUT2D eigenvalue weighted by Gasteiger charge is 2.41. The average Bonchev–Trinajstić information content (AvgIpc) is 3.18. The minimum atomic E-state index is -4.58. The summed E-state index contributed by atoms with van der Waals surface area (Å²) >= 11 is 0. The molecule has 4 rings (SSSR count). The van der Waals surface area contributed by atoms with Crippen LogP contribution in [0.5, 0.6) is 0 Å². The van der Waals surface area contributed by atoms with E-state index >= 15 is 0 Å². The number of carboxylic acid groups (broad SMARTS) is 1. The smallest absolute Gasteiger partial charge is 0.435 e. The maximum atomic E-state index is 13.4. The summed E-state index contributed by atoms with van der Waals surface area (Å²) < 4.78 is 46.7. The third-order valence-corrected chi connectivity index (χ3v) is 4.20. The molecule has 8 heteroatoms. The number of carbonyl (C=O) groups excluding carboxylic acids is 1. The van der Waals surface area contributed by atoms with Gasteiger partial charge in [0.2, 0.25) is 0 Å². The molecule has 3 aromatic rings. The van der Waals surface area contributed by atoms with Crippen LogP contribution in [0.2, 0.25) is 0 Å². The molecule has 0 atom stereocenters. The Morgan fingerprint density at radius 1 is 1.16 bits per heavy atom. The first-order chi connectivity index (χ1) is 11.9. The highest BCUT2D eigenvalue weighted by molar-refractivity contribution is 5.86. The number of alkyl halides is 3. The zero-order valence-electron chi connectivity index (χ0n) is 12.6. The van der Waals surface area contributed by atoms with Crippen LogP contribution in [0.25, 0.3) is 16.9 Å². The summed E-state index contributed by atoms with van der Waals surface area (Å²) in [7, 11) is 0. The number of nitrogens with zero attached hydrogens (tertiary/aromatic N) is 2. The van der Waals surface area contributed by atoms with E-state index in [2.05, 4.69) is 5.10 Å². The maximum Gasteiger partial charge on any atom is 0.435 e. The molecule has 0 amide bonds. The van der Waals surface area contributed by atoms with Crippen LogP contribution < -0.4 is 5.11 Å². The van der Waals surface area contributed by atoms with E-state index < -0.39 is 17.8 Å². The molecular formula is C17H10F3N2O3-. The van der Waals surface area contributed by atoms with E-state index in [-0.39, 0.29) is 17.5 Å². The first kappa shape index (κ1) is 15.5. The number of carboxylic acids is 1. The van der Waals surface area contributed by atoms with E-state index in [1.54, 1.807) is 6.07 Å². The first-order valence-corrected chi connectivity index (χ1v) is 7.44.